The van der Waals surface area contributed by atoms with Crippen LogP contribution in [0.2, 0.25) is 0 Å². The number of hydrazine groups is 1. The average molecular weight is 429 g/mol. The van der Waals surface area contributed by atoms with E-state index in [2.05, 4.69) is 25.3 Å². The van der Waals surface area contributed by atoms with Gasteiger partial charge in [0.1, 0.15) is 11.7 Å². The Morgan fingerprint density at radius 1 is 1.29 bits per heavy atom. The summed E-state index contributed by atoms with van der Waals surface area (Å²) < 4.78 is 7.40. The number of likely N-dealkylation sites (N-methyl/N-ethyl adjacent to an activating group) is 1. The zero-order valence-corrected chi connectivity index (χ0v) is 19.1. The molecule has 10 nitrogen and oxygen atoms in total. The van der Waals surface area contributed by atoms with Crippen molar-refractivity contribution in [3.8, 4) is 6.07 Å². The first-order valence-electron chi connectivity index (χ1n) is 10.7. The molecule has 1 aliphatic rings. The lowest BCUT2D eigenvalue weighted by molar-refractivity contribution is 0.0511. The Hall–Kier alpha value is -2.93. The number of nitriles is 1. The molecule has 1 fully saturated rings. The Morgan fingerprint density at radius 3 is 2.61 bits per heavy atom. The van der Waals surface area contributed by atoms with Gasteiger partial charge in [0.15, 0.2) is 17.0 Å². The number of imidazole rings is 1. The Balaban J connectivity index is 2.03. The second-order valence-electron chi connectivity index (χ2n) is 9.17. The van der Waals surface area contributed by atoms with E-state index in [1.54, 1.807) is 11.3 Å². The zero-order valence-electron chi connectivity index (χ0n) is 19.1. The fourth-order valence-corrected chi connectivity index (χ4v) is 3.67. The number of rotatable bonds is 6. The highest BCUT2D eigenvalue weighted by molar-refractivity contribution is 5.85. The Kier molecular flexibility index (Phi) is 6.95. The number of aromatic nitrogens is 4. The summed E-state index contributed by atoms with van der Waals surface area (Å²) in [5.41, 5.74) is 3.38. The van der Waals surface area contributed by atoms with Gasteiger partial charge >= 0.3 is 6.09 Å². The third-order valence-electron chi connectivity index (χ3n) is 5.11. The van der Waals surface area contributed by atoms with Gasteiger partial charge in [-0.1, -0.05) is 19.3 Å². The third-order valence-corrected chi connectivity index (χ3v) is 5.11. The van der Waals surface area contributed by atoms with Gasteiger partial charge in [0.2, 0.25) is 5.82 Å². The molecular weight excluding hydrogens is 396 g/mol. The summed E-state index contributed by atoms with van der Waals surface area (Å²) >= 11 is 0. The van der Waals surface area contributed by atoms with Crippen molar-refractivity contribution < 1.29 is 9.53 Å². The second-order valence-corrected chi connectivity index (χ2v) is 9.17. The maximum absolute atomic E-state index is 12.6. The first kappa shape index (κ1) is 22.7. The molecule has 31 heavy (non-hydrogen) atoms. The lowest BCUT2D eigenvalue weighted by Gasteiger charge is -2.35. The van der Waals surface area contributed by atoms with Crippen molar-refractivity contribution in [2.45, 2.75) is 71.1 Å². The zero-order chi connectivity index (χ0) is 22.6. The van der Waals surface area contributed by atoms with Crippen molar-refractivity contribution in [2.24, 2.45) is 0 Å². The van der Waals surface area contributed by atoms with Crippen LogP contribution in [0.15, 0.2) is 6.33 Å². The van der Waals surface area contributed by atoms with Crippen LogP contribution in [0.5, 0.6) is 0 Å². The number of fused-ring (bicyclic) bond motifs is 1. The fraction of sp³-hybridized carbons (Fsp3) is 0.667. The molecule has 0 aromatic carbocycles. The molecule has 0 radical (unpaired) electrons. The van der Waals surface area contributed by atoms with Crippen LogP contribution in [-0.4, -0.2) is 62.8 Å². The Morgan fingerprint density at radius 2 is 2.00 bits per heavy atom. The number of hydrogen-bond acceptors (Lipinski definition) is 8. The van der Waals surface area contributed by atoms with E-state index in [1.807, 2.05) is 45.5 Å². The van der Waals surface area contributed by atoms with Crippen LogP contribution in [0.4, 0.5) is 10.6 Å². The molecule has 2 aromatic rings. The van der Waals surface area contributed by atoms with Crippen LogP contribution in [0.1, 0.15) is 58.7 Å². The largest absolute Gasteiger partial charge is 0.443 e. The quantitative estimate of drug-likeness (QED) is 0.699. The molecule has 3 rings (SSSR count). The number of carbonyl (C=O) groups is 1. The van der Waals surface area contributed by atoms with Gasteiger partial charge < -0.3 is 14.2 Å². The standard InChI is InChI=1S/C21H32N8O2/c1-21(2,3)31-20(30)26-29(15-9-7-6-8-10-15)19-17-18(24-16(13-22)25-19)28(14-23-17)12-11-27(4)5/h14-15H,6-12H2,1-5H3,(H,26,30). The van der Waals surface area contributed by atoms with Crippen molar-refractivity contribution >= 4 is 23.1 Å². The van der Waals surface area contributed by atoms with Gasteiger partial charge in [-0.05, 0) is 47.7 Å². The maximum Gasteiger partial charge on any atom is 0.426 e. The van der Waals surface area contributed by atoms with E-state index in [4.69, 9.17) is 4.74 Å². The average Bonchev–Trinajstić information content (AvgIpc) is 3.12. The molecule has 0 spiro atoms. The SMILES string of the molecule is CN(C)CCn1cnc2c(N(NC(=O)OC(C)(C)C)C3CCCCC3)nc(C#N)nc21. The molecule has 1 saturated carbocycles. The van der Waals surface area contributed by atoms with Crippen molar-refractivity contribution in [2.75, 3.05) is 25.6 Å². The van der Waals surface area contributed by atoms with Crippen LogP contribution in [0, 0.1) is 11.3 Å². The van der Waals surface area contributed by atoms with Crippen LogP contribution in [0.25, 0.3) is 11.2 Å². The highest BCUT2D eigenvalue weighted by atomic mass is 16.6. The summed E-state index contributed by atoms with van der Waals surface area (Å²) in [6.07, 6.45) is 6.25. The first-order chi connectivity index (χ1) is 14.7. The van der Waals surface area contributed by atoms with Gasteiger partial charge in [-0.25, -0.2) is 15.2 Å². The Bertz CT molecular complexity index is 951. The highest BCUT2D eigenvalue weighted by Gasteiger charge is 2.29. The second kappa shape index (κ2) is 9.47. The van der Waals surface area contributed by atoms with Crippen LogP contribution in [-0.2, 0) is 11.3 Å². The summed E-state index contributed by atoms with van der Waals surface area (Å²) in [4.78, 5) is 28.1. The summed E-state index contributed by atoms with van der Waals surface area (Å²) in [5, 5.41) is 11.3. The van der Waals surface area contributed by atoms with E-state index in [0.29, 0.717) is 23.5 Å². The predicted molar refractivity (Wildman–Crippen MR) is 117 cm³/mol. The molecule has 0 saturated heterocycles. The minimum absolute atomic E-state index is 0.0397. The molecule has 0 bridgehead atoms. The molecule has 0 atom stereocenters. The third kappa shape index (κ3) is 5.82. The highest BCUT2D eigenvalue weighted by Crippen LogP contribution is 2.29. The molecule has 10 heteroatoms. The first-order valence-corrected chi connectivity index (χ1v) is 10.7. The van der Waals surface area contributed by atoms with Gasteiger partial charge in [-0.2, -0.15) is 15.2 Å². The molecule has 0 aliphatic heterocycles. The topological polar surface area (TPSA) is 112 Å². The van der Waals surface area contributed by atoms with Gasteiger partial charge in [-0.3, -0.25) is 5.01 Å². The molecule has 2 heterocycles. The molecule has 2 aromatic heterocycles. The number of anilines is 1. The number of ether oxygens (including phenoxy) is 1. The minimum atomic E-state index is -0.630. The maximum atomic E-state index is 12.6. The van der Waals surface area contributed by atoms with E-state index in [9.17, 15) is 10.1 Å². The molecule has 168 valence electrons. The summed E-state index contributed by atoms with van der Waals surface area (Å²) in [7, 11) is 3.99. The minimum Gasteiger partial charge on any atom is -0.443 e. The van der Waals surface area contributed by atoms with Crippen LogP contribution >= 0.6 is 0 Å². The number of nitrogens with zero attached hydrogens (tertiary/aromatic N) is 7. The van der Waals surface area contributed by atoms with Crippen molar-refractivity contribution in [3.63, 3.8) is 0 Å². The lowest BCUT2D eigenvalue weighted by atomic mass is 9.95. The van der Waals surface area contributed by atoms with E-state index in [-0.39, 0.29) is 11.9 Å². The Labute approximate surface area is 183 Å². The lowest BCUT2D eigenvalue weighted by Crippen LogP contribution is -2.51. The molecule has 1 aliphatic carbocycles. The van der Waals surface area contributed by atoms with Gasteiger partial charge in [0.05, 0.1) is 12.4 Å². The summed E-state index contributed by atoms with van der Waals surface area (Å²) in [5.74, 6) is 0.476. The number of nitrogens with one attached hydrogen (secondary N) is 1. The fourth-order valence-electron chi connectivity index (χ4n) is 3.67. The van der Waals surface area contributed by atoms with Crippen molar-refractivity contribution in [3.05, 3.63) is 12.2 Å². The van der Waals surface area contributed by atoms with Crippen molar-refractivity contribution in [1.82, 2.24) is 29.8 Å². The predicted octanol–water partition coefficient (Wildman–Crippen LogP) is 2.84. The number of hydrogen-bond donors (Lipinski definition) is 1. The number of amides is 1. The monoisotopic (exact) mass is 428 g/mol. The van der Waals surface area contributed by atoms with Gasteiger partial charge in [0.25, 0.3) is 0 Å². The van der Waals surface area contributed by atoms with Gasteiger partial charge in [0, 0.05) is 13.1 Å². The normalized spacial score (nSPS) is 15.1. The summed E-state index contributed by atoms with van der Waals surface area (Å²) in [6, 6.07) is 2.09. The van der Waals surface area contributed by atoms with Crippen LogP contribution < -0.4 is 10.4 Å². The van der Waals surface area contributed by atoms with E-state index < -0.39 is 11.7 Å². The van der Waals surface area contributed by atoms with Crippen molar-refractivity contribution in [1.29, 1.82) is 5.26 Å². The van der Waals surface area contributed by atoms with Gasteiger partial charge in [-0.15, -0.1) is 0 Å². The number of carbonyl (C=O) groups excluding carboxylic acids is 1. The molecular formula is C21H32N8O2. The van der Waals surface area contributed by atoms with E-state index >= 15 is 0 Å². The molecule has 1 N–H and O–H groups in total. The smallest absolute Gasteiger partial charge is 0.426 e. The van der Waals surface area contributed by atoms with E-state index in [0.717, 1.165) is 32.2 Å². The summed E-state index contributed by atoms with van der Waals surface area (Å²) in [6.45, 7) is 6.94. The molecule has 0 unspecified atom stereocenters. The van der Waals surface area contributed by atoms with E-state index in [1.165, 1.54) is 6.42 Å². The van der Waals surface area contributed by atoms with Crippen LogP contribution in [0.3, 0.4) is 0 Å². The molecule has 1 amide bonds.